The van der Waals surface area contributed by atoms with Crippen LogP contribution < -0.4 is 5.32 Å². The second-order valence-electron chi connectivity index (χ2n) is 4.91. The first kappa shape index (κ1) is 15.9. The van der Waals surface area contributed by atoms with E-state index in [0.29, 0.717) is 17.3 Å². The molecule has 0 spiro atoms. The fourth-order valence-corrected chi connectivity index (χ4v) is 1.83. The van der Waals surface area contributed by atoms with Gasteiger partial charge in [-0.1, -0.05) is 25.4 Å². The minimum atomic E-state index is -0.130. The van der Waals surface area contributed by atoms with Crippen LogP contribution >= 0.6 is 11.6 Å². The molecule has 1 heterocycles. The highest BCUT2D eigenvalue weighted by Gasteiger charge is 2.13. The number of carbonyl (C=O) groups excluding carboxylic acids is 1. The first-order valence-electron chi connectivity index (χ1n) is 6.41. The molecule has 1 aromatic heterocycles. The van der Waals surface area contributed by atoms with Crippen molar-refractivity contribution >= 4 is 17.5 Å². The molecule has 0 aliphatic rings. The lowest BCUT2D eigenvalue weighted by Gasteiger charge is -2.14. The predicted octanol–water partition coefficient (Wildman–Crippen LogP) is 3.01. The standard InChI is InChI=1S/C14H21ClN2O2/c1-9(2)12-7-11(8-13(15)17-12)14(18)16-10(3)5-6-19-4/h7-10H,5-6H2,1-4H3,(H,16,18). The van der Waals surface area contributed by atoms with Crippen LogP contribution in [0.5, 0.6) is 0 Å². The molecule has 106 valence electrons. The fourth-order valence-electron chi connectivity index (χ4n) is 1.62. The average molecular weight is 285 g/mol. The number of amides is 1. The third-order valence-electron chi connectivity index (χ3n) is 2.80. The Morgan fingerprint density at radius 1 is 1.42 bits per heavy atom. The topological polar surface area (TPSA) is 51.2 Å². The summed E-state index contributed by atoms with van der Waals surface area (Å²) in [4.78, 5) is 16.3. The molecule has 1 unspecified atom stereocenters. The maximum atomic E-state index is 12.1. The van der Waals surface area contributed by atoms with Crippen molar-refractivity contribution in [2.75, 3.05) is 13.7 Å². The third-order valence-corrected chi connectivity index (χ3v) is 2.99. The molecule has 0 bridgehead atoms. The van der Waals surface area contributed by atoms with Gasteiger partial charge in [0.15, 0.2) is 0 Å². The van der Waals surface area contributed by atoms with Crippen LogP contribution in [0, 0.1) is 0 Å². The quantitative estimate of drug-likeness (QED) is 0.817. The maximum absolute atomic E-state index is 12.1. The molecule has 5 heteroatoms. The zero-order valence-electron chi connectivity index (χ0n) is 11.9. The number of halogens is 1. The first-order valence-corrected chi connectivity index (χ1v) is 6.79. The van der Waals surface area contributed by atoms with E-state index < -0.39 is 0 Å². The molecule has 1 N–H and O–H groups in total. The Labute approximate surface area is 119 Å². The molecule has 0 aromatic carbocycles. The average Bonchev–Trinajstić information content (AvgIpc) is 2.35. The molecule has 19 heavy (non-hydrogen) atoms. The van der Waals surface area contributed by atoms with Gasteiger partial charge in [-0.25, -0.2) is 4.98 Å². The minimum Gasteiger partial charge on any atom is -0.385 e. The van der Waals surface area contributed by atoms with Gasteiger partial charge in [-0.3, -0.25) is 4.79 Å². The number of nitrogens with zero attached hydrogens (tertiary/aromatic N) is 1. The highest BCUT2D eigenvalue weighted by atomic mass is 35.5. The molecule has 0 saturated heterocycles. The summed E-state index contributed by atoms with van der Waals surface area (Å²) in [5.74, 6) is 0.103. The van der Waals surface area contributed by atoms with Crippen LogP contribution in [0.4, 0.5) is 0 Å². The van der Waals surface area contributed by atoms with E-state index in [1.807, 2.05) is 20.8 Å². The summed E-state index contributed by atoms with van der Waals surface area (Å²) in [5.41, 5.74) is 1.37. The summed E-state index contributed by atoms with van der Waals surface area (Å²) in [6.07, 6.45) is 0.776. The Hall–Kier alpha value is -1.13. The lowest BCUT2D eigenvalue weighted by molar-refractivity contribution is 0.0929. The lowest BCUT2D eigenvalue weighted by Crippen LogP contribution is -2.33. The summed E-state index contributed by atoms with van der Waals surface area (Å²) < 4.78 is 4.99. The Balaban J connectivity index is 2.76. The van der Waals surface area contributed by atoms with Crippen LogP contribution in [0.15, 0.2) is 12.1 Å². The number of pyridine rings is 1. The molecule has 1 atom stereocenters. The molecule has 1 rings (SSSR count). The van der Waals surface area contributed by atoms with Crippen LogP contribution in [-0.2, 0) is 4.74 Å². The molecule has 0 aliphatic carbocycles. The summed E-state index contributed by atoms with van der Waals surface area (Å²) in [6.45, 7) is 6.60. The van der Waals surface area contributed by atoms with E-state index in [0.717, 1.165) is 12.1 Å². The maximum Gasteiger partial charge on any atom is 0.251 e. The van der Waals surface area contributed by atoms with E-state index in [2.05, 4.69) is 10.3 Å². The Morgan fingerprint density at radius 2 is 2.11 bits per heavy atom. The number of nitrogens with one attached hydrogen (secondary N) is 1. The van der Waals surface area contributed by atoms with Crippen LogP contribution in [0.1, 0.15) is 49.2 Å². The van der Waals surface area contributed by atoms with Crippen LogP contribution in [-0.4, -0.2) is 30.6 Å². The molecule has 1 amide bonds. The van der Waals surface area contributed by atoms with Crippen molar-refractivity contribution in [3.05, 3.63) is 28.5 Å². The second kappa shape index (κ2) is 7.46. The van der Waals surface area contributed by atoms with E-state index >= 15 is 0 Å². The molecule has 0 aliphatic heterocycles. The minimum absolute atomic E-state index is 0.0573. The zero-order chi connectivity index (χ0) is 14.4. The van der Waals surface area contributed by atoms with Gasteiger partial charge in [-0.2, -0.15) is 0 Å². The van der Waals surface area contributed by atoms with Crippen molar-refractivity contribution in [1.82, 2.24) is 10.3 Å². The summed E-state index contributed by atoms with van der Waals surface area (Å²) in [6, 6.07) is 3.43. The van der Waals surface area contributed by atoms with Crippen molar-refractivity contribution in [2.24, 2.45) is 0 Å². The summed E-state index contributed by atoms with van der Waals surface area (Å²) in [5, 5.41) is 3.27. The number of hydrogen-bond acceptors (Lipinski definition) is 3. The molecular formula is C14H21ClN2O2. The van der Waals surface area contributed by atoms with E-state index in [1.165, 1.54) is 0 Å². The smallest absolute Gasteiger partial charge is 0.251 e. The number of carbonyl (C=O) groups is 1. The third kappa shape index (κ3) is 5.17. The fraction of sp³-hybridized carbons (Fsp3) is 0.571. The Kier molecular flexibility index (Phi) is 6.25. The lowest BCUT2D eigenvalue weighted by atomic mass is 10.1. The van der Waals surface area contributed by atoms with Crippen LogP contribution in [0.3, 0.4) is 0 Å². The van der Waals surface area contributed by atoms with E-state index in [9.17, 15) is 4.79 Å². The van der Waals surface area contributed by atoms with Crippen molar-refractivity contribution < 1.29 is 9.53 Å². The van der Waals surface area contributed by atoms with Crippen molar-refractivity contribution in [2.45, 2.75) is 39.2 Å². The van der Waals surface area contributed by atoms with Gasteiger partial charge in [0.1, 0.15) is 5.15 Å². The Morgan fingerprint density at radius 3 is 2.68 bits per heavy atom. The Bertz CT molecular complexity index is 435. The predicted molar refractivity (Wildman–Crippen MR) is 76.8 cm³/mol. The zero-order valence-corrected chi connectivity index (χ0v) is 12.6. The van der Waals surface area contributed by atoms with Crippen LogP contribution in [0.2, 0.25) is 5.15 Å². The monoisotopic (exact) mass is 284 g/mol. The molecule has 0 saturated carbocycles. The molecule has 4 nitrogen and oxygen atoms in total. The number of methoxy groups -OCH3 is 1. The largest absolute Gasteiger partial charge is 0.385 e. The summed E-state index contributed by atoms with van der Waals surface area (Å²) in [7, 11) is 1.64. The molecule has 0 fully saturated rings. The van der Waals surface area contributed by atoms with Gasteiger partial charge in [-0.05, 0) is 31.4 Å². The molecular weight excluding hydrogens is 264 g/mol. The van der Waals surface area contributed by atoms with Crippen LogP contribution in [0.25, 0.3) is 0 Å². The van der Waals surface area contributed by atoms with E-state index in [1.54, 1.807) is 19.2 Å². The van der Waals surface area contributed by atoms with Gasteiger partial charge < -0.3 is 10.1 Å². The van der Waals surface area contributed by atoms with Gasteiger partial charge in [-0.15, -0.1) is 0 Å². The number of aromatic nitrogens is 1. The van der Waals surface area contributed by atoms with Gasteiger partial charge in [0, 0.05) is 31.0 Å². The second-order valence-corrected chi connectivity index (χ2v) is 5.30. The summed E-state index contributed by atoms with van der Waals surface area (Å²) >= 11 is 5.95. The van der Waals surface area contributed by atoms with Gasteiger partial charge in [0.05, 0.1) is 0 Å². The van der Waals surface area contributed by atoms with Gasteiger partial charge in [0.25, 0.3) is 5.91 Å². The number of hydrogen-bond donors (Lipinski definition) is 1. The SMILES string of the molecule is COCCC(C)NC(=O)c1cc(Cl)nc(C(C)C)c1. The highest BCUT2D eigenvalue weighted by Crippen LogP contribution is 2.17. The van der Waals surface area contributed by atoms with Crippen molar-refractivity contribution in [1.29, 1.82) is 0 Å². The first-order chi connectivity index (χ1) is 8.93. The number of ether oxygens (including phenoxy) is 1. The van der Waals surface area contributed by atoms with Crippen molar-refractivity contribution in [3.8, 4) is 0 Å². The normalized spacial score (nSPS) is 12.5. The number of rotatable bonds is 6. The van der Waals surface area contributed by atoms with E-state index in [-0.39, 0.29) is 17.9 Å². The highest BCUT2D eigenvalue weighted by molar-refractivity contribution is 6.29. The molecule has 0 radical (unpaired) electrons. The van der Waals surface area contributed by atoms with Gasteiger partial charge >= 0.3 is 0 Å². The van der Waals surface area contributed by atoms with Crippen molar-refractivity contribution in [3.63, 3.8) is 0 Å². The molecule has 1 aromatic rings. The van der Waals surface area contributed by atoms with E-state index in [4.69, 9.17) is 16.3 Å². The van der Waals surface area contributed by atoms with Gasteiger partial charge in [0.2, 0.25) is 0 Å².